The number of methoxy groups -OCH3 is 2. The molecule has 4 atom stereocenters. The summed E-state index contributed by atoms with van der Waals surface area (Å²) in [5, 5.41) is 0. The number of ether oxygens (including phenoxy) is 3. The minimum atomic E-state index is -0.0294. The molecule has 39 heavy (non-hydrogen) atoms. The predicted octanol–water partition coefficient (Wildman–Crippen LogP) is 5.74. The highest BCUT2D eigenvalue weighted by molar-refractivity contribution is 5.72. The van der Waals surface area contributed by atoms with E-state index in [1.165, 1.54) is 23.1 Å². The van der Waals surface area contributed by atoms with Crippen molar-refractivity contribution in [2.75, 3.05) is 47.0 Å². The molecule has 0 bridgehead atoms. The van der Waals surface area contributed by atoms with Crippen molar-refractivity contribution in [3.8, 4) is 11.5 Å². The van der Waals surface area contributed by atoms with Crippen LogP contribution in [0.25, 0.3) is 0 Å². The van der Waals surface area contributed by atoms with Gasteiger partial charge in [-0.2, -0.15) is 0 Å². The Labute approximate surface area is 234 Å². The topological polar surface area (TPSA) is 51.2 Å². The van der Waals surface area contributed by atoms with Crippen LogP contribution in [0.1, 0.15) is 62.3 Å². The molecule has 2 saturated heterocycles. The number of likely N-dealkylation sites (tertiary alicyclic amines) is 1. The summed E-state index contributed by atoms with van der Waals surface area (Å²) in [7, 11) is 3.41. The number of rotatable bonds is 9. The van der Waals surface area contributed by atoms with Crippen molar-refractivity contribution >= 4 is 5.97 Å². The van der Waals surface area contributed by atoms with Crippen LogP contribution in [-0.4, -0.2) is 62.8 Å². The van der Waals surface area contributed by atoms with Crippen LogP contribution in [-0.2, 0) is 22.5 Å². The Hall–Kier alpha value is -2.57. The second-order valence-corrected chi connectivity index (χ2v) is 12.2. The van der Waals surface area contributed by atoms with Gasteiger partial charge < -0.3 is 14.2 Å². The fourth-order valence-corrected chi connectivity index (χ4v) is 7.12. The molecular formula is C33H46N2O4. The molecule has 0 radical (unpaired) electrons. The summed E-state index contributed by atoms with van der Waals surface area (Å²) < 4.78 is 17.4. The summed E-state index contributed by atoms with van der Waals surface area (Å²) in [4.78, 5) is 18.4. The number of hydrogen-bond acceptors (Lipinski definition) is 6. The lowest BCUT2D eigenvalue weighted by molar-refractivity contribution is -0.153. The summed E-state index contributed by atoms with van der Waals surface area (Å²) in [5.41, 5.74) is 4.01. The van der Waals surface area contributed by atoms with Crippen LogP contribution in [0.4, 0.5) is 0 Å². The van der Waals surface area contributed by atoms with Gasteiger partial charge in [0.05, 0.1) is 26.7 Å². The van der Waals surface area contributed by atoms with Gasteiger partial charge in [-0.25, -0.2) is 0 Å². The predicted molar refractivity (Wildman–Crippen MR) is 154 cm³/mol. The molecule has 3 aliphatic rings. The monoisotopic (exact) mass is 534 g/mol. The Bertz CT molecular complexity index is 1100. The second kappa shape index (κ2) is 12.7. The number of fused-ring (bicyclic) bond motifs is 3. The summed E-state index contributed by atoms with van der Waals surface area (Å²) in [6, 6.07) is 15.2. The van der Waals surface area contributed by atoms with Crippen molar-refractivity contribution < 1.29 is 19.0 Å². The Balaban J connectivity index is 1.25. The third-order valence-electron chi connectivity index (χ3n) is 9.08. The fourth-order valence-electron chi connectivity index (χ4n) is 7.12. The van der Waals surface area contributed by atoms with Crippen LogP contribution >= 0.6 is 0 Å². The fraction of sp³-hybridized carbons (Fsp3) is 0.606. The molecule has 5 rings (SSSR count). The van der Waals surface area contributed by atoms with E-state index in [4.69, 9.17) is 14.2 Å². The molecule has 0 amide bonds. The first-order valence-corrected chi connectivity index (χ1v) is 14.9. The highest BCUT2D eigenvalue weighted by Gasteiger charge is 2.40. The zero-order valence-corrected chi connectivity index (χ0v) is 24.2. The molecule has 3 heterocycles. The maximum atomic E-state index is 13.3. The van der Waals surface area contributed by atoms with Crippen molar-refractivity contribution in [1.29, 1.82) is 0 Å². The molecule has 2 aromatic carbocycles. The lowest BCUT2D eigenvalue weighted by Crippen LogP contribution is -2.47. The zero-order valence-electron chi connectivity index (χ0n) is 24.2. The van der Waals surface area contributed by atoms with Crippen LogP contribution in [0.5, 0.6) is 11.5 Å². The summed E-state index contributed by atoms with van der Waals surface area (Å²) >= 11 is 0. The number of nitrogens with zero attached hydrogens (tertiary/aromatic N) is 2. The standard InChI is InChI=1S/C33H46N2O4/c1-23(2)15-27-21-35-14-12-25-17-31(37-3)32(38-4)18-29(25)30(35)16-28(27)22-39-33(36)26-11-8-13-34(20-26)19-24-9-6-5-7-10-24/h5-7,9-10,17-18,23,26-28,30H,8,11-16,19-22H2,1-4H3. The van der Waals surface area contributed by atoms with Crippen LogP contribution < -0.4 is 9.47 Å². The molecule has 3 aliphatic heterocycles. The van der Waals surface area contributed by atoms with Crippen molar-refractivity contribution in [3.63, 3.8) is 0 Å². The molecule has 0 aromatic heterocycles. The maximum Gasteiger partial charge on any atom is 0.310 e. The highest BCUT2D eigenvalue weighted by atomic mass is 16.5. The molecule has 2 fully saturated rings. The first kappa shape index (κ1) is 28.0. The van der Waals surface area contributed by atoms with Crippen molar-refractivity contribution in [3.05, 3.63) is 59.2 Å². The lowest BCUT2D eigenvalue weighted by atomic mass is 9.74. The Kier molecular flexibility index (Phi) is 9.13. The number of carbonyl (C=O) groups is 1. The minimum Gasteiger partial charge on any atom is -0.493 e. The molecule has 0 N–H and O–H groups in total. The van der Waals surface area contributed by atoms with Gasteiger partial charge in [0.1, 0.15) is 0 Å². The van der Waals surface area contributed by atoms with Crippen LogP contribution in [0.2, 0.25) is 0 Å². The average molecular weight is 535 g/mol. The van der Waals surface area contributed by atoms with Crippen molar-refractivity contribution in [2.45, 2.75) is 58.5 Å². The van der Waals surface area contributed by atoms with Crippen LogP contribution in [0, 0.1) is 23.7 Å². The zero-order chi connectivity index (χ0) is 27.4. The third-order valence-corrected chi connectivity index (χ3v) is 9.08. The first-order chi connectivity index (χ1) is 18.9. The number of carbonyl (C=O) groups excluding carboxylic acids is 1. The average Bonchev–Trinajstić information content (AvgIpc) is 2.95. The number of benzene rings is 2. The summed E-state index contributed by atoms with van der Waals surface area (Å²) in [6.45, 7) is 10.00. The van der Waals surface area contributed by atoms with Gasteiger partial charge in [0.15, 0.2) is 11.5 Å². The molecule has 6 nitrogen and oxygen atoms in total. The van der Waals surface area contributed by atoms with E-state index in [9.17, 15) is 4.79 Å². The molecule has 4 unspecified atom stereocenters. The Morgan fingerprint density at radius 1 is 1.00 bits per heavy atom. The van der Waals surface area contributed by atoms with E-state index < -0.39 is 0 Å². The van der Waals surface area contributed by atoms with Gasteiger partial charge in [-0.05, 0) is 85.2 Å². The SMILES string of the molecule is COc1cc2c(cc1OC)C1CC(COC(=O)C3CCCN(Cc4ccccc4)C3)C(CC(C)C)CN1CC2. The molecule has 212 valence electrons. The van der Waals surface area contributed by atoms with Gasteiger partial charge in [-0.15, -0.1) is 0 Å². The lowest BCUT2D eigenvalue weighted by Gasteiger charge is -2.47. The maximum absolute atomic E-state index is 13.3. The van der Waals surface area contributed by atoms with Crippen molar-refractivity contribution in [1.82, 2.24) is 9.80 Å². The molecule has 0 saturated carbocycles. The van der Waals surface area contributed by atoms with Gasteiger partial charge in [0.2, 0.25) is 0 Å². The quantitative estimate of drug-likeness (QED) is 0.383. The van der Waals surface area contributed by atoms with Gasteiger partial charge in [-0.1, -0.05) is 44.2 Å². The largest absolute Gasteiger partial charge is 0.493 e. The minimum absolute atomic E-state index is 0.00561. The summed E-state index contributed by atoms with van der Waals surface area (Å²) in [5.74, 6) is 3.08. The van der Waals surface area contributed by atoms with Crippen LogP contribution in [0.3, 0.4) is 0 Å². The van der Waals surface area contributed by atoms with Gasteiger partial charge in [-0.3, -0.25) is 14.6 Å². The Morgan fingerprint density at radius 2 is 1.77 bits per heavy atom. The van der Waals surface area contributed by atoms with Crippen molar-refractivity contribution in [2.24, 2.45) is 23.7 Å². The van der Waals surface area contributed by atoms with Gasteiger partial charge >= 0.3 is 5.97 Å². The smallest absolute Gasteiger partial charge is 0.310 e. The van der Waals surface area contributed by atoms with E-state index in [2.05, 4.69) is 66.1 Å². The number of hydrogen-bond donors (Lipinski definition) is 0. The van der Waals surface area contributed by atoms with Gasteiger partial charge in [0, 0.05) is 32.2 Å². The van der Waals surface area contributed by atoms with E-state index in [-0.39, 0.29) is 11.9 Å². The van der Waals surface area contributed by atoms with E-state index in [1.54, 1.807) is 14.2 Å². The second-order valence-electron chi connectivity index (χ2n) is 12.2. The highest BCUT2D eigenvalue weighted by Crippen LogP contribution is 2.45. The number of piperidine rings is 2. The molecule has 2 aromatic rings. The number of esters is 1. The first-order valence-electron chi connectivity index (χ1n) is 14.9. The van der Waals surface area contributed by atoms with E-state index in [0.717, 1.165) is 69.9 Å². The molecule has 6 heteroatoms. The van der Waals surface area contributed by atoms with E-state index in [0.29, 0.717) is 30.4 Å². The van der Waals surface area contributed by atoms with E-state index in [1.807, 2.05) is 0 Å². The van der Waals surface area contributed by atoms with Crippen LogP contribution in [0.15, 0.2) is 42.5 Å². The Morgan fingerprint density at radius 3 is 2.51 bits per heavy atom. The molecule has 0 aliphatic carbocycles. The van der Waals surface area contributed by atoms with Gasteiger partial charge in [0.25, 0.3) is 0 Å². The summed E-state index contributed by atoms with van der Waals surface area (Å²) in [6.07, 6.45) is 5.18. The normalized spacial score (nSPS) is 25.6. The van der Waals surface area contributed by atoms with E-state index >= 15 is 0 Å². The third kappa shape index (κ3) is 6.60. The molecular weight excluding hydrogens is 488 g/mol. The molecule has 0 spiro atoms.